The molecule has 0 aliphatic carbocycles. The van der Waals surface area contributed by atoms with Gasteiger partial charge >= 0.3 is 6.03 Å². The largest absolute Gasteiger partial charge is 0.497 e. The summed E-state index contributed by atoms with van der Waals surface area (Å²) in [4.78, 5) is 14.4. The van der Waals surface area contributed by atoms with Crippen LogP contribution >= 0.6 is 0 Å². The first-order valence-corrected chi connectivity index (χ1v) is 11.5. The number of ether oxygens (including phenoxy) is 1. The molecule has 2 saturated heterocycles. The van der Waals surface area contributed by atoms with E-state index in [1.807, 2.05) is 18.2 Å². The number of likely N-dealkylation sites (tertiary alicyclic amines) is 1. The van der Waals surface area contributed by atoms with Crippen molar-refractivity contribution < 1.29 is 17.9 Å². The van der Waals surface area contributed by atoms with Crippen molar-refractivity contribution >= 4 is 21.7 Å². The number of carbonyl (C=O) groups excluding carboxylic acids is 1. The van der Waals surface area contributed by atoms with Crippen LogP contribution in [0.4, 0.5) is 10.5 Å². The Morgan fingerprint density at radius 2 is 2.04 bits per heavy atom. The van der Waals surface area contributed by atoms with Crippen LogP contribution < -0.4 is 10.1 Å². The molecule has 2 heterocycles. The highest BCUT2D eigenvalue weighted by Crippen LogP contribution is 2.34. The quantitative estimate of drug-likeness (QED) is 0.811. The Morgan fingerprint density at radius 3 is 2.75 bits per heavy atom. The molecule has 2 aliphatic heterocycles. The van der Waals surface area contributed by atoms with E-state index in [9.17, 15) is 13.2 Å². The second kappa shape index (κ2) is 8.69. The lowest BCUT2D eigenvalue weighted by atomic mass is 10.0. The average molecular weight is 410 g/mol. The fraction of sp³-hybridized carbons (Fsp3) is 0.650. The van der Waals surface area contributed by atoms with Crippen molar-refractivity contribution in [3.05, 3.63) is 24.3 Å². The first kappa shape index (κ1) is 20.9. The third kappa shape index (κ3) is 4.60. The minimum Gasteiger partial charge on any atom is -0.497 e. The number of anilines is 1. The molecule has 2 atom stereocenters. The number of amides is 2. The van der Waals surface area contributed by atoms with Crippen LogP contribution in [-0.2, 0) is 10.0 Å². The van der Waals surface area contributed by atoms with Gasteiger partial charge in [-0.1, -0.05) is 19.9 Å². The van der Waals surface area contributed by atoms with Crippen LogP contribution in [0.1, 0.15) is 33.1 Å². The van der Waals surface area contributed by atoms with Crippen molar-refractivity contribution in [2.45, 2.75) is 38.4 Å². The first-order valence-electron chi connectivity index (χ1n) is 10.00. The zero-order valence-electron chi connectivity index (χ0n) is 16.9. The maximum atomic E-state index is 12.9. The average Bonchev–Trinajstić information content (AvgIpc) is 2.79. The summed E-state index contributed by atoms with van der Waals surface area (Å²) in [5.41, 5.74) is 0.668. The molecule has 0 saturated carbocycles. The molecule has 0 bridgehead atoms. The third-order valence-corrected chi connectivity index (χ3v) is 8.16. The molecule has 156 valence electrons. The highest BCUT2D eigenvalue weighted by Gasteiger charge is 2.46. The molecule has 3 rings (SSSR count). The summed E-state index contributed by atoms with van der Waals surface area (Å²) in [6, 6.07) is 7.02. The van der Waals surface area contributed by atoms with Gasteiger partial charge < -0.3 is 15.0 Å². The van der Waals surface area contributed by atoms with Gasteiger partial charge in [-0.05, 0) is 43.2 Å². The minimum atomic E-state index is -3.27. The molecule has 8 heteroatoms. The van der Waals surface area contributed by atoms with Crippen molar-refractivity contribution in [3.8, 4) is 5.75 Å². The molecule has 2 amide bonds. The lowest BCUT2D eigenvalue weighted by Crippen LogP contribution is -2.37. The van der Waals surface area contributed by atoms with Gasteiger partial charge in [0, 0.05) is 37.9 Å². The SMILES string of the molecule is COc1cccc(NC(=O)N2CC[C@H]3CN(CCC(C)C)S(=O)(=O)[C@H]3CC2)c1. The van der Waals surface area contributed by atoms with Crippen LogP contribution in [0.2, 0.25) is 0 Å². The van der Waals surface area contributed by atoms with Crippen LogP contribution in [0.25, 0.3) is 0 Å². The number of hydrogen-bond acceptors (Lipinski definition) is 4. The number of carbonyl (C=O) groups is 1. The summed E-state index contributed by atoms with van der Waals surface area (Å²) < 4.78 is 32.7. The van der Waals surface area contributed by atoms with Gasteiger partial charge in [0.2, 0.25) is 10.0 Å². The zero-order chi connectivity index (χ0) is 20.3. The molecular formula is C20H31N3O4S. The van der Waals surface area contributed by atoms with Crippen molar-refractivity contribution in [1.29, 1.82) is 0 Å². The Kier molecular flexibility index (Phi) is 6.50. The van der Waals surface area contributed by atoms with Crippen molar-refractivity contribution in [1.82, 2.24) is 9.21 Å². The molecule has 0 aromatic heterocycles. The summed E-state index contributed by atoms with van der Waals surface area (Å²) in [6.45, 7) is 6.44. The second-order valence-corrected chi connectivity index (χ2v) is 10.3. The number of urea groups is 1. The summed E-state index contributed by atoms with van der Waals surface area (Å²) in [5, 5.41) is 2.52. The second-order valence-electron chi connectivity index (χ2n) is 8.11. The van der Waals surface area contributed by atoms with Crippen LogP contribution in [0.15, 0.2) is 24.3 Å². The van der Waals surface area contributed by atoms with Crippen LogP contribution in [0.3, 0.4) is 0 Å². The van der Waals surface area contributed by atoms with Crippen LogP contribution in [0, 0.1) is 11.8 Å². The summed E-state index contributed by atoms with van der Waals surface area (Å²) in [7, 11) is -1.68. The van der Waals surface area contributed by atoms with E-state index in [-0.39, 0.29) is 17.2 Å². The summed E-state index contributed by atoms with van der Waals surface area (Å²) in [5.74, 6) is 1.26. The Labute approximate surface area is 168 Å². The van der Waals surface area contributed by atoms with Crippen molar-refractivity contribution in [2.75, 3.05) is 38.6 Å². The van der Waals surface area contributed by atoms with E-state index in [1.54, 1.807) is 22.4 Å². The van der Waals surface area contributed by atoms with Gasteiger partial charge in [0.25, 0.3) is 0 Å². The van der Waals surface area contributed by atoms with Crippen LogP contribution in [-0.4, -0.2) is 62.2 Å². The van der Waals surface area contributed by atoms with E-state index in [0.29, 0.717) is 56.4 Å². The maximum absolute atomic E-state index is 12.9. The highest BCUT2D eigenvalue weighted by molar-refractivity contribution is 7.90. The number of benzene rings is 1. The molecule has 0 spiro atoms. The third-order valence-electron chi connectivity index (χ3n) is 5.72. The predicted octanol–water partition coefficient (Wildman–Crippen LogP) is 3.00. The molecule has 7 nitrogen and oxygen atoms in total. The van der Waals surface area contributed by atoms with E-state index < -0.39 is 10.0 Å². The number of methoxy groups -OCH3 is 1. The molecule has 2 fully saturated rings. The first-order chi connectivity index (χ1) is 13.3. The molecular weight excluding hydrogens is 378 g/mol. The highest BCUT2D eigenvalue weighted by atomic mass is 32.2. The van der Waals surface area contributed by atoms with Gasteiger partial charge in [-0.15, -0.1) is 0 Å². The van der Waals surface area contributed by atoms with Crippen molar-refractivity contribution in [2.24, 2.45) is 11.8 Å². The Balaban J connectivity index is 1.61. The van der Waals surface area contributed by atoms with Crippen molar-refractivity contribution in [3.63, 3.8) is 0 Å². The number of sulfonamides is 1. The number of nitrogens with zero attached hydrogens (tertiary/aromatic N) is 2. The molecule has 28 heavy (non-hydrogen) atoms. The summed E-state index contributed by atoms with van der Waals surface area (Å²) in [6.07, 6.45) is 2.10. The van der Waals surface area contributed by atoms with Gasteiger partial charge in [0.1, 0.15) is 5.75 Å². The predicted molar refractivity (Wildman–Crippen MR) is 110 cm³/mol. The minimum absolute atomic E-state index is 0.104. The Morgan fingerprint density at radius 1 is 1.29 bits per heavy atom. The fourth-order valence-electron chi connectivity index (χ4n) is 4.02. The normalized spacial score (nSPS) is 24.6. The van der Waals surface area contributed by atoms with Gasteiger partial charge in [0.15, 0.2) is 0 Å². The molecule has 1 N–H and O–H groups in total. The number of fused-ring (bicyclic) bond motifs is 1. The van der Waals surface area contributed by atoms with E-state index >= 15 is 0 Å². The topological polar surface area (TPSA) is 79.0 Å². The van der Waals surface area contributed by atoms with E-state index in [1.165, 1.54) is 0 Å². The van der Waals surface area contributed by atoms with Gasteiger partial charge in [-0.3, -0.25) is 0 Å². The monoisotopic (exact) mass is 409 g/mol. The number of hydrogen-bond donors (Lipinski definition) is 1. The summed E-state index contributed by atoms with van der Waals surface area (Å²) >= 11 is 0. The van der Waals surface area contributed by atoms with Gasteiger partial charge in [0.05, 0.1) is 12.4 Å². The number of rotatable bonds is 5. The standard InChI is InChI=1S/C20H31N3O4S/c1-15(2)7-12-23-14-16-8-10-22(11-9-19(16)28(23,25)26)20(24)21-17-5-4-6-18(13-17)27-3/h4-6,13,15-16,19H,7-12,14H2,1-3H3,(H,21,24)/t16-,19-/m0/s1. The van der Waals surface area contributed by atoms with Gasteiger partial charge in [-0.2, -0.15) is 0 Å². The Hall–Kier alpha value is -1.80. The van der Waals surface area contributed by atoms with Gasteiger partial charge in [-0.25, -0.2) is 17.5 Å². The zero-order valence-corrected chi connectivity index (χ0v) is 17.7. The molecule has 1 aromatic rings. The van der Waals surface area contributed by atoms with Crippen LogP contribution in [0.5, 0.6) is 5.75 Å². The van der Waals surface area contributed by atoms with E-state index in [2.05, 4.69) is 19.2 Å². The smallest absolute Gasteiger partial charge is 0.321 e. The molecule has 0 unspecified atom stereocenters. The van der Waals surface area contributed by atoms with E-state index in [0.717, 1.165) is 6.42 Å². The maximum Gasteiger partial charge on any atom is 0.321 e. The number of nitrogens with one attached hydrogen (secondary N) is 1. The lowest BCUT2D eigenvalue weighted by Gasteiger charge is -2.23. The molecule has 0 radical (unpaired) electrons. The molecule has 2 aliphatic rings. The Bertz CT molecular complexity index is 796. The fourth-order valence-corrected chi connectivity index (χ4v) is 6.28. The lowest BCUT2D eigenvalue weighted by molar-refractivity contribution is 0.212. The molecule has 1 aromatic carbocycles. The van der Waals surface area contributed by atoms with E-state index in [4.69, 9.17) is 4.74 Å².